The number of hydrogen-bond donors (Lipinski definition) is 1. The number of primary amides is 1. The summed E-state index contributed by atoms with van der Waals surface area (Å²) in [4.78, 5) is 24.0. The van der Waals surface area contributed by atoms with Crippen LogP contribution in [-0.2, 0) is 6.42 Å². The van der Waals surface area contributed by atoms with Crippen LogP contribution in [0, 0.1) is 5.41 Å². The van der Waals surface area contributed by atoms with E-state index in [0.29, 0.717) is 29.9 Å². The van der Waals surface area contributed by atoms with Gasteiger partial charge >= 0.3 is 0 Å². The van der Waals surface area contributed by atoms with Crippen LogP contribution in [-0.4, -0.2) is 28.1 Å². The molecule has 0 bridgehead atoms. The van der Waals surface area contributed by atoms with Gasteiger partial charge in [-0.05, 0) is 36.5 Å². The Kier molecular flexibility index (Phi) is 4.85. The van der Waals surface area contributed by atoms with Gasteiger partial charge in [0.25, 0.3) is 0 Å². The van der Waals surface area contributed by atoms with Gasteiger partial charge in [-0.25, -0.2) is 4.68 Å². The quantitative estimate of drug-likeness (QED) is 0.805. The van der Waals surface area contributed by atoms with Crippen molar-refractivity contribution in [2.24, 2.45) is 11.1 Å². The fourth-order valence-electron chi connectivity index (χ4n) is 3.31. The van der Waals surface area contributed by atoms with E-state index in [2.05, 4.69) is 25.9 Å². The van der Waals surface area contributed by atoms with Crippen molar-refractivity contribution in [1.29, 1.82) is 0 Å². The lowest BCUT2D eigenvalue weighted by Gasteiger charge is -2.29. The highest BCUT2D eigenvalue weighted by Crippen LogP contribution is 2.37. The van der Waals surface area contributed by atoms with Crippen LogP contribution in [0.1, 0.15) is 66.4 Å². The van der Waals surface area contributed by atoms with E-state index in [9.17, 15) is 9.59 Å². The van der Waals surface area contributed by atoms with E-state index < -0.39 is 5.91 Å². The second-order valence-corrected chi connectivity index (χ2v) is 7.61. The molecule has 1 aliphatic rings. The molecule has 1 aliphatic carbocycles. The van der Waals surface area contributed by atoms with Crippen LogP contribution < -0.4 is 10.5 Å². The summed E-state index contributed by atoms with van der Waals surface area (Å²) in [6, 6.07) is 5.09. The topological polar surface area (TPSA) is 87.2 Å². The molecule has 0 saturated heterocycles. The van der Waals surface area contributed by atoms with Crippen molar-refractivity contribution >= 4 is 11.7 Å². The largest absolute Gasteiger partial charge is 0.491 e. The van der Waals surface area contributed by atoms with Gasteiger partial charge in [-0.2, -0.15) is 5.10 Å². The molecular formula is C20H25N3O3. The summed E-state index contributed by atoms with van der Waals surface area (Å²) in [5, 5.41) is 4.45. The van der Waals surface area contributed by atoms with E-state index in [1.165, 1.54) is 0 Å². The number of ketones is 1. The second kappa shape index (κ2) is 6.94. The second-order valence-electron chi connectivity index (χ2n) is 7.61. The third-order valence-electron chi connectivity index (χ3n) is 4.68. The van der Waals surface area contributed by atoms with Crippen molar-refractivity contribution in [3.05, 3.63) is 41.2 Å². The van der Waals surface area contributed by atoms with Crippen molar-refractivity contribution in [2.75, 3.05) is 6.61 Å². The zero-order valence-electron chi connectivity index (χ0n) is 15.5. The van der Waals surface area contributed by atoms with Crippen LogP contribution in [0.3, 0.4) is 0 Å². The summed E-state index contributed by atoms with van der Waals surface area (Å²) in [7, 11) is 0. The van der Waals surface area contributed by atoms with Gasteiger partial charge in [0.2, 0.25) is 5.91 Å². The number of Topliss-reactive ketones (excluding diaryl/α,β-unsaturated/α-hetero) is 1. The molecule has 0 fully saturated rings. The number of nitrogens with two attached hydrogens (primary N) is 1. The fraction of sp³-hybridized carbons (Fsp3) is 0.450. The predicted octanol–water partition coefficient (Wildman–Crippen LogP) is 3.31. The molecule has 26 heavy (non-hydrogen) atoms. The van der Waals surface area contributed by atoms with E-state index in [-0.39, 0.29) is 11.2 Å². The van der Waals surface area contributed by atoms with Crippen LogP contribution >= 0.6 is 0 Å². The number of rotatable bonds is 6. The number of carbonyl (C=O) groups excluding carboxylic acids is 2. The highest BCUT2D eigenvalue weighted by atomic mass is 16.5. The fourth-order valence-corrected chi connectivity index (χ4v) is 3.31. The number of ether oxygens (including phenoxy) is 1. The molecule has 1 aromatic heterocycles. The molecule has 138 valence electrons. The SMILES string of the molecule is CCCCOc1cc(C(N)=O)ccc1-n1ncc2c1CC(C)(C)CC2=O. The van der Waals surface area contributed by atoms with Crippen molar-refractivity contribution < 1.29 is 14.3 Å². The van der Waals surface area contributed by atoms with Gasteiger partial charge < -0.3 is 10.5 Å². The van der Waals surface area contributed by atoms with Crippen LogP contribution in [0.15, 0.2) is 24.4 Å². The summed E-state index contributed by atoms with van der Waals surface area (Å²) in [5.74, 6) is 0.164. The molecule has 2 aromatic rings. The van der Waals surface area contributed by atoms with Crippen molar-refractivity contribution in [2.45, 2.75) is 46.5 Å². The minimum atomic E-state index is -0.504. The van der Waals surface area contributed by atoms with Gasteiger partial charge in [-0.1, -0.05) is 27.2 Å². The first-order valence-electron chi connectivity index (χ1n) is 8.99. The molecule has 1 heterocycles. The summed E-state index contributed by atoms with van der Waals surface area (Å²) in [5.41, 5.74) is 7.96. The van der Waals surface area contributed by atoms with Gasteiger partial charge in [-0.15, -0.1) is 0 Å². The van der Waals surface area contributed by atoms with Crippen molar-refractivity contribution in [3.8, 4) is 11.4 Å². The lowest BCUT2D eigenvalue weighted by Crippen LogP contribution is -2.28. The molecule has 6 heteroatoms. The lowest BCUT2D eigenvalue weighted by molar-refractivity contribution is 0.0910. The zero-order valence-corrected chi connectivity index (χ0v) is 15.5. The molecule has 0 spiro atoms. The first-order chi connectivity index (χ1) is 12.3. The lowest BCUT2D eigenvalue weighted by atomic mass is 9.76. The molecular weight excluding hydrogens is 330 g/mol. The van der Waals surface area contributed by atoms with Gasteiger partial charge in [-0.3, -0.25) is 9.59 Å². The first kappa shape index (κ1) is 18.2. The highest BCUT2D eigenvalue weighted by molar-refractivity contribution is 5.98. The van der Waals surface area contributed by atoms with E-state index >= 15 is 0 Å². The Bertz CT molecular complexity index is 852. The molecule has 1 aromatic carbocycles. The number of amides is 1. The highest BCUT2D eigenvalue weighted by Gasteiger charge is 2.34. The molecule has 1 amide bonds. The maximum atomic E-state index is 12.4. The Morgan fingerprint density at radius 1 is 1.35 bits per heavy atom. The minimum Gasteiger partial charge on any atom is -0.491 e. The maximum absolute atomic E-state index is 12.4. The van der Waals surface area contributed by atoms with Gasteiger partial charge in [0.1, 0.15) is 11.4 Å². The Labute approximate surface area is 153 Å². The summed E-state index contributed by atoms with van der Waals surface area (Å²) in [6.07, 6.45) is 4.81. The number of fused-ring (bicyclic) bond motifs is 1. The van der Waals surface area contributed by atoms with Crippen LogP contribution in [0.5, 0.6) is 5.75 Å². The smallest absolute Gasteiger partial charge is 0.248 e. The third kappa shape index (κ3) is 3.49. The first-order valence-corrected chi connectivity index (χ1v) is 8.99. The van der Waals surface area contributed by atoms with E-state index in [4.69, 9.17) is 10.5 Å². The number of nitrogens with zero attached hydrogens (tertiary/aromatic N) is 2. The van der Waals surface area contributed by atoms with E-state index in [1.807, 2.05) is 0 Å². The van der Waals surface area contributed by atoms with Crippen LogP contribution in [0.4, 0.5) is 0 Å². The number of carbonyl (C=O) groups is 2. The van der Waals surface area contributed by atoms with Crippen molar-refractivity contribution in [1.82, 2.24) is 9.78 Å². The van der Waals surface area contributed by atoms with Gasteiger partial charge in [0.05, 0.1) is 24.1 Å². The molecule has 6 nitrogen and oxygen atoms in total. The summed E-state index contributed by atoms with van der Waals surface area (Å²) >= 11 is 0. The average molecular weight is 355 g/mol. The molecule has 3 rings (SSSR count). The van der Waals surface area contributed by atoms with Gasteiger partial charge in [0.15, 0.2) is 5.78 Å². The Morgan fingerprint density at radius 2 is 2.12 bits per heavy atom. The number of hydrogen-bond acceptors (Lipinski definition) is 4. The molecule has 0 unspecified atom stereocenters. The standard InChI is InChI=1S/C20H25N3O3/c1-4-5-8-26-18-9-13(19(21)25)6-7-15(18)23-16-10-20(2,3)11-17(24)14(16)12-22-23/h6-7,9,12H,4-5,8,10-11H2,1-3H3,(H2,21,25). The predicted molar refractivity (Wildman–Crippen MR) is 98.9 cm³/mol. The van der Waals surface area contributed by atoms with Crippen LogP contribution in [0.25, 0.3) is 5.69 Å². The monoisotopic (exact) mass is 355 g/mol. The normalized spacial score (nSPS) is 15.6. The third-order valence-corrected chi connectivity index (χ3v) is 4.68. The zero-order chi connectivity index (χ0) is 18.9. The summed E-state index contributed by atoms with van der Waals surface area (Å²) < 4.78 is 7.67. The van der Waals surface area contributed by atoms with Gasteiger partial charge in [0, 0.05) is 12.0 Å². The maximum Gasteiger partial charge on any atom is 0.248 e. The Morgan fingerprint density at radius 3 is 2.81 bits per heavy atom. The molecule has 0 atom stereocenters. The Balaban J connectivity index is 2.07. The molecule has 0 aliphatic heterocycles. The summed E-state index contributed by atoms with van der Waals surface area (Å²) in [6.45, 7) is 6.79. The number of unbranched alkanes of at least 4 members (excludes halogenated alkanes) is 1. The molecule has 0 saturated carbocycles. The van der Waals surface area contributed by atoms with E-state index in [1.54, 1.807) is 29.1 Å². The van der Waals surface area contributed by atoms with Crippen molar-refractivity contribution in [3.63, 3.8) is 0 Å². The Hall–Kier alpha value is -2.63. The molecule has 2 N–H and O–H groups in total. The molecule has 0 radical (unpaired) electrons. The van der Waals surface area contributed by atoms with E-state index in [0.717, 1.165) is 30.6 Å². The van der Waals surface area contributed by atoms with Crippen LogP contribution in [0.2, 0.25) is 0 Å². The number of aromatic nitrogens is 2. The number of benzene rings is 1. The minimum absolute atomic E-state index is 0.113. The average Bonchev–Trinajstić information content (AvgIpc) is 2.97.